The normalized spacial score (nSPS) is 19.3. The van der Waals surface area contributed by atoms with Gasteiger partial charge in [-0.05, 0) is 45.8 Å². The highest BCUT2D eigenvalue weighted by molar-refractivity contribution is 14.0. The van der Waals surface area contributed by atoms with Crippen molar-refractivity contribution in [3.63, 3.8) is 0 Å². The highest BCUT2D eigenvalue weighted by Gasteiger charge is 2.37. The summed E-state index contributed by atoms with van der Waals surface area (Å²) in [6.07, 6.45) is 3.34. The van der Waals surface area contributed by atoms with E-state index in [4.69, 9.17) is 0 Å². The number of rotatable bonds is 5. The van der Waals surface area contributed by atoms with Crippen LogP contribution in [0, 0.1) is 5.92 Å². The first-order valence-corrected chi connectivity index (χ1v) is 9.15. The SMILES string of the molecule is CN=C(NCC1CC1c1ccccc1)N(C)Cc1cc(Br)cn1C.I. The molecule has 6 heteroatoms. The van der Waals surface area contributed by atoms with Crippen molar-refractivity contribution in [1.29, 1.82) is 0 Å². The lowest BCUT2D eigenvalue weighted by atomic mass is 10.1. The molecule has 1 aromatic heterocycles. The van der Waals surface area contributed by atoms with Crippen molar-refractivity contribution in [2.24, 2.45) is 18.0 Å². The van der Waals surface area contributed by atoms with Gasteiger partial charge in [0.2, 0.25) is 0 Å². The summed E-state index contributed by atoms with van der Waals surface area (Å²) in [6, 6.07) is 13.0. The molecule has 0 radical (unpaired) electrons. The Morgan fingerprint density at radius 2 is 2.08 bits per heavy atom. The van der Waals surface area contributed by atoms with E-state index in [9.17, 15) is 0 Å². The maximum absolute atomic E-state index is 4.43. The molecule has 1 fully saturated rings. The van der Waals surface area contributed by atoms with Crippen molar-refractivity contribution >= 4 is 45.9 Å². The van der Waals surface area contributed by atoms with Gasteiger partial charge in [-0.3, -0.25) is 4.99 Å². The topological polar surface area (TPSA) is 32.6 Å². The van der Waals surface area contributed by atoms with Gasteiger partial charge in [0.25, 0.3) is 0 Å². The summed E-state index contributed by atoms with van der Waals surface area (Å²) >= 11 is 3.53. The number of halogens is 2. The molecule has 0 bridgehead atoms. The van der Waals surface area contributed by atoms with Gasteiger partial charge in [-0.1, -0.05) is 30.3 Å². The number of benzene rings is 1. The van der Waals surface area contributed by atoms with Gasteiger partial charge in [0.15, 0.2) is 5.96 Å². The second-order valence-electron chi connectivity index (χ2n) is 6.56. The molecule has 2 aromatic rings. The Kier molecular flexibility index (Phi) is 7.37. The van der Waals surface area contributed by atoms with Gasteiger partial charge in [0.1, 0.15) is 0 Å². The van der Waals surface area contributed by atoms with Crippen molar-refractivity contribution < 1.29 is 0 Å². The molecule has 2 unspecified atom stereocenters. The molecule has 25 heavy (non-hydrogen) atoms. The van der Waals surface area contributed by atoms with Crippen molar-refractivity contribution in [3.8, 4) is 0 Å². The summed E-state index contributed by atoms with van der Waals surface area (Å²) in [5, 5.41) is 3.53. The number of hydrogen-bond acceptors (Lipinski definition) is 1. The first kappa shape index (κ1) is 20.3. The minimum atomic E-state index is 0. The lowest BCUT2D eigenvalue weighted by molar-refractivity contribution is 0.459. The highest BCUT2D eigenvalue weighted by atomic mass is 127. The van der Waals surface area contributed by atoms with E-state index in [1.54, 1.807) is 0 Å². The summed E-state index contributed by atoms with van der Waals surface area (Å²) in [5.41, 5.74) is 2.71. The zero-order valence-electron chi connectivity index (χ0n) is 14.9. The van der Waals surface area contributed by atoms with Crippen molar-refractivity contribution in [1.82, 2.24) is 14.8 Å². The fourth-order valence-electron chi connectivity index (χ4n) is 3.23. The summed E-state index contributed by atoms with van der Waals surface area (Å²) in [7, 11) is 6.00. The number of nitrogens with one attached hydrogen (secondary N) is 1. The molecule has 3 rings (SSSR count). The van der Waals surface area contributed by atoms with Gasteiger partial charge in [0.05, 0.1) is 6.54 Å². The van der Waals surface area contributed by atoms with Crippen LogP contribution < -0.4 is 5.32 Å². The molecule has 136 valence electrons. The molecule has 1 aliphatic rings. The number of aromatic nitrogens is 1. The van der Waals surface area contributed by atoms with E-state index in [2.05, 4.69) is 92.4 Å². The molecule has 0 amide bonds. The molecule has 0 spiro atoms. The van der Waals surface area contributed by atoms with Gasteiger partial charge in [-0.15, -0.1) is 24.0 Å². The Bertz CT molecular complexity index is 713. The van der Waals surface area contributed by atoms with Crippen molar-refractivity contribution in [3.05, 3.63) is 58.3 Å². The summed E-state index contributed by atoms with van der Waals surface area (Å²) in [5.74, 6) is 2.36. The van der Waals surface area contributed by atoms with Crippen LogP contribution >= 0.6 is 39.9 Å². The predicted molar refractivity (Wildman–Crippen MR) is 119 cm³/mol. The summed E-state index contributed by atoms with van der Waals surface area (Å²) in [6.45, 7) is 1.81. The Morgan fingerprint density at radius 3 is 2.68 bits per heavy atom. The van der Waals surface area contributed by atoms with Crippen LogP contribution in [0.25, 0.3) is 0 Å². The maximum Gasteiger partial charge on any atom is 0.193 e. The van der Waals surface area contributed by atoms with Crippen LogP contribution in [-0.4, -0.2) is 36.1 Å². The van der Waals surface area contributed by atoms with E-state index in [0.29, 0.717) is 11.8 Å². The molecular weight excluding hydrogens is 491 g/mol. The Hall–Kier alpha value is -1.02. The first-order chi connectivity index (χ1) is 11.6. The highest BCUT2D eigenvalue weighted by Crippen LogP contribution is 2.46. The van der Waals surface area contributed by atoms with E-state index in [-0.39, 0.29) is 24.0 Å². The van der Waals surface area contributed by atoms with Gasteiger partial charge in [-0.2, -0.15) is 0 Å². The molecule has 1 N–H and O–H groups in total. The summed E-state index contributed by atoms with van der Waals surface area (Å²) < 4.78 is 3.25. The second-order valence-corrected chi connectivity index (χ2v) is 7.47. The van der Waals surface area contributed by atoms with Gasteiger partial charge in [0, 0.05) is 44.1 Å². The van der Waals surface area contributed by atoms with E-state index in [1.165, 1.54) is 17.7 Å². The second kappa shape index (κ2) is 9.07. The first-order valence-electron chi connectivity index (χ1n) is 8.36. The molecule has 4 nitrogen and oxygen atoms in total. The van der Waals surface area contributed by atoms with Gasteiger partial charge in [-0.25, -0.2) is 0 Å². The van der Waals surface area contributed by atoms with Crippen LogP contribution in [0.4, 0.5) is 0 Å². The number of nitrogens with zero attached hydrogens (tertiary/aromatic N) is 3. The smallest absolute Gasteiger partial charge is 0.193 e. The van der Waals surface area contributed by atoms with Crippen LogP contribution in [0.1, 0.15) is 23.6 Å². The molecule has 0 aliphatic heterocycles. The maximum atomic E-state index is 4.43. The van der Waals surface area contributed by atoms with E-state index in [0.717, 1.165) is 23.5 Å². The molecule has 1 heterocycles. The number of guanidine groups is 1. The number of aliphatic imine (C=N–C) groups is 1. The van der Waals surface area contributed by atoms with Crippen LogP contribution in [0.5, 0.6) is 0 Å². The average molecular weight is 517 g/mol. The van der Waals surface area contributed by atoms with Crippen LogP contribution in [0.3, 0.4) is 0 Å². The quantitative estimate of drug-likeness (QED) is 0.366. The van der Waals surface area contributed by atoms with Crippen LogP contribution in [-0.2, 0) is 13.6 Å². The number of aryl methyl sites for hydroxylation is 1. The third-order valence-electron chi connectivity index (χ3n) is 4.72. The van der Waals surface area contributed by atoms with Crippen molar-refractivity contribution in [2.45, 2.75) is 18.9 Å². The average Bonchev–Trinajstić information content (AvgIpc) is 3.28. The predicted octanol–water partition coefficient (Wildman–Crippen LogP) is 4.22. The molecule has 1 aliphatic carbocycles. The fraction of sp³-hybridized carbons (Fsp3) is 0.421. The Balaban J connectivity index is 0.00000225. The summed E-state index contributed by atoms with van der Waals surface area (Å²) in [4.78, 5) is 6.60. The lowest BCUT2D eigenvalue weighted by Crippen LogP contribution is -2.39. The molecule has 1 aromatic carbocycles. The molecule has 0 saturated heterocycles. The largest absolute Gasteiger partial charge is 0.356 e. The van der Waals surface area contributed by atoms with Crippen LogP contribution in [0.2, 0.25) is 0 Å². The zero-order chi connectivity index (χ0) is 17.1. The third kappa shape index (κ3) is 5.23. The molecule has 2 atom stereocenters. The third-order valence-corrected chi connectivity index (χ3v) is 5.15. The minimum absolute atomic E-state index is 0. The zero-order valence-corrected chi connectivity index (χ0v) is 18.9. The van der Waals surface area contributed by atoms with Gasteiger partial charge < -0.3 is 14.8 Å². The van der Waals surface area contributed by atoms with Crippen molar-refractivity contribution in [2.75, 3.05) is 20.6 Å². The molecule has 1 saturated carbocycles. The van der Waals surface area contributed by atoms with E-state index >= 15 is 0 Å². The minimum Gasteiger partial charge on any atom is -0.356 e. The lowest BCUT2D eigenvalue weighted by Gasteiger charge is -2.22. The van der Waals surface area contributed by atoms with Gasteiger partial charge >= 0.3 is 0 Å². The monoisotopic (exact) mass is 516 g/mol. The fourth-order valence-corrected chi connectivity index (χ4v) is 3.80. The molecular formula is C19H26BrIN4. The Labute approximate surface area is 175 Å². The van der Waals surface area contributed by atoms with E-state index in [1.807, 2.05) is 7.05 Å². The Morgan fingerprint density at radius 1 is 1.36 bits per heavy atom. The van der Waals surface area contributed by atoms with E-state index < -0.39 is 0 Å². The standard InChI is InChI=1S/C19H25BrN4.HI/c1-21-19(24(3)13-17-10-16(20)12-23(17)2)22-11-15-9-18(15)14-7-5-4-6-8-14;/h4-8,10,12,15,18H,9,11,13H2,1-3H3,(H,21,22);1H. The number of hydrogen-bond donors (Lipinski definition) is 1. The van der Waals surface area contributed by atoms with Crippen LogP contribution in [0.15, 0.2) is 52.1 Å².